The van der Waals surface area contributed by atoms with Crippen molar-refractivity contribution >= 4 is 35.6 Å². The van der Waals surface area contributed by atoms with Crippen LogP contribution in [0.2, 0.25) is 0 Å². The molecule has 0 aliphatic carbocycles. The summed E-state index contributed by atoms with van der Waals surface area (Å²) in [5.41, 5.74) is 11.6. The van der Waals surface area contributed by atoms with Crippen molar-refractivity contribution in [1.82, 2.24) is 35.9 Å². The maximum Gasteiger partial charge on any atom is 0.326 e. The van der Waals surface area contributed by atoms with Gasteiger partial charge in [-0.25, -0.2) is 14.8 Å². The van der Waals surface area contributed by atoms with E-state index in [-0.39, 0.29) is 25.7 Å². The van der Waals surface area contributed by atoms with Gasteiger partial charge in [-0.1, -0.05) is 0 Å². The quantitative estimate of drug-likeness (QED) is 0.102. The minimum absolute atomic E-state index is 0.0868. The number of aliphatic carboxylic acids is 2. The van der Waals surface area contributed by atoms with Crippen LogP contribution in [0.25, 0.3) is 0 Å². The molecule has 2 heterocycles. The van der Waals surface area contributed by atoms with Crippen molar-refractivity contribution in [2.75, 3.05) is 0 Å². The van der Waals surface area contributed by atoms with Crippen molar-refractivity contribution in [2.24, 2.45) is 11.5 Å². The smallest absolute Gasteiger partial charge is 0.326 e. The van der Waals surface area contributed by atoms with Crippen LogP contribution in [0.15, 0.2) is 25.0 Å². The fourth-order valence-electron chi connectivity index (χ4n) is 3.28. The first-order valence-electron chi connectivity index (χ1n) is 11.3. The summed E-state index contributed by atoms with van der Waals surface area (Å²) in [5, 5.41) is 25.6. The van der Waals surface area contributed by atoms with E-state index in [1.807, 2.05) is 0 Å². The van der Waals surface area contributed by atoms with Crippen LogP contribution in [0.3, 0.4) is 0 Å². The Morgan fingerprint density at radius 2 is 1.32 bits per heavy atom. The maximum absolute atomic E-state index is 13.1. The fourth-order valence-corrected chi connectivity index (χ4v) is 3.28. The zero-order valence-electron chi connectivity index (χ0n) is 20.0. The number of imidazole rings is 2. The van der Waals surface area contributed by atoms with Gasteiger partial charge < -0.3 is 47.6 Å². The number of nitrogens with two attached hydrogens (primary N) is 2. The van der Waals surface area contributed by atoms with Crippen molar-refractivity contribution in [2.45, 2.75) is 56.3 Å². The zero-order chi connectivity index (χ0) is 28.2. The first-order chi connectivity index (χ1) is 18.0. The topological polar surface area (TPSA) is 288 Å². The summed E-state index contributed by atoms with van der Waals surface area (Å²) < 4.78 is 0. The number of aromatic amines is 2. The second-order valence-corrected chi connectivity index (χ2v) is 8.29. The number of rotatable bonds is 16. The number of carboxylic acid groups (broad SMARTS) is 2. The lowest BCUT2D eigenvalue weighted by molar-refractivity contribution is -0.143. The number of hydrogen-bond donors (Lipinski definition) is 9. The Bertz CT molecular complexity index is 1120. The van der Waals surface area contributed by atoms with Gasteiger partial charge in [0, 0.05) is 43.0 Å². The van der Waals surface area contributed by atoms with E-state index < -0.39 is 66.2 Å². The fraction of sp³-hybridized carbons (Fsp3) is 0.429. The van der Waals surface area contributed by atoms with Crippen molar-refractivity contribution in [1.29, 1.82) is 0 Å². The number of carbonyl (C=O) groups is 6. The third-order valence-corrected chi connectivity index (χ3v) is 5.26. The molecule has 11 N–H and O–H groups in total. The number of hydrogen-bond acceptors (Lipinski definition) is 9. The van der Waals surface area contributed by atoms with Gasteiger partial charge in [0.1, 0.15) is 18.1 Å². The predicted molar refractivity (Wildman–Crippen MR) is 127 cm³/mol. The average Bonchev–Trinajstić information content (AvgIpc) is 3.55. The molecule has 0 spiro atoms. The molecule has 0 radical (unpaired) electrons. The molecule has 4 unspecified atom stereocenters. The highest BCUT2D eigenvalue weighted by atomic mass is 16.4. The second kappa shape index (κ2) is 14.1. The van der Waals surface area contributed by atoms with Crippen molar-refractivity contribution in [3.8, 4) is 0 Å². The minimum atomic E-state index is -1.69. The molecule has 4 atom stereocenters. The van der Waals surface area contributed by atoms with Gasteiger partial charge >= 0.3 is 11.9 Å². The van der Waals surface area contributed by atoms with Crippen LogP contribution in [0.4, 0.5) is 0 Å². The van der Waals surface area contributed by atoms with E-state index in [0.29, 0.717) is 11.4 Å². The van der Waals surface area contributed by atoms with E-state index in [2.05, 4.69) is 35.9 Å². The average molecular weight is 536 g/mol. The molecular weight excluding hydrogens is 506 g/mol. The third-order valence-electron chi connectivity index (χ3n) is 5.26. The first-order valence-corrected chi connectivity index (χ1v) is 11.3. The lowest BCUT2D eigenvalue weighted by Gasteiger charge is -2.24. The summed E-state index contributed by atoms with van der Waals surface area (Å²) in [7, 11) is 0. The largest absolute Gasteiger partial charge is 0.481 e. The van der Waals surface area contributed by atoms with Gasteiger partial charge in [-0.3, -0.25) is 24.0 Å². The highest BCUT2D eigenvalue weighted by molar-refractivity contribution is 5.95. The zero-order valence-corrected chi connectivity index (χ0v) is 20.0. The van der Waals surface area contributed by atoms with Gasteiger partial charge in [-0.2, -0.15) is 0 Å². The van der Waals surface area contributed by atoms with Crippen LogP contribution in [-0.2, 0) is 41.6 Å². The van der Waals surface area contributed by atoms with Crippen LogP contribution in [-0.4, -0.2) is 89.9 Å². The van der Waals surface area contributed by atoms with Crippen LogP contribution in [0.1, 0.15) is 30.7 Å². The molecule has 0 bridgehead atoms. The van der Waals surface area contributed by atoms with E-state index in [9.17, 15) is 39.0 Å². The van der Waals surface area contributed by atoms with Gasteiger partial charge in [0.15, 0.2) is 0 Å². The molecule has 17 heteroatoms. The Labute approximate surface area is 215 Å². The predicted octanol–water partition coefficient (Wildman–Crippen LogP) is -3.48. The molecule has 4 amide bonds. The molecule has 0 saturated heterocycles. The molecular formula is C21H29N9O8. The van der Waals surface area contributed by atoms with Gasteiger partial charge in [0.2, 0.25) is 23.6 Å². The van der Waals surface area contributed by atoms with Gasteiger partial charge in [-0.05, 0) is 6.42 Å². The van der Waals surface area contributed by atoms with Crippen molar-refractivity contribution in [3.63, 3.8) is 0 Å². The van der Waals surface area contributed by atoms with E-state index in [0.717, 1.165) is 0 Å². The summed E-state index contributed by atoms with van der Waals surface area (Å²) >= 11 is 0. The summed E-state index contributed by atoms with van der Waals surface area (Å²) in [6.07, 6.45) is 3.93. The van der Waals surface area contributed by atoms with Crippen LogP contribution < -0.4 is 27.4 Å². The Balaban J connectivity index is 2.16. The van der Waals surface area contributed by atoms with Crippen molar-refractivity contribution in [3.05, 3.63) is 36.4 Å². The molecule has 0 saturated carbocycles. The third kappa shape index (κ3) is 9.69. The monoisotopic (exact) mass is 535 g/mol. The highest BCUT2D eigenvalue weighted by Crippen LogP contribution is 2.05. The standard InChI is InChI=1S/C21H29N9O8/c22-12(1-2-16(23)31)18(34)28-13(3-10-6-24-8-26-10)19(35)29-14(5-17(32)33)20(36)30-15(21(37)38)4-11-7-25-9-27-11/h6-9,12-15H,1-5,22H2,(H2,23,31)(H,24,26)(H,25,27)(H,28,34)(H,29,35)(H,30,36)(H,32,33)(H,37,38). The number of nitrogens with one attached hydrogen (secondary N) is 5. The van der Waals surface area contributed by atoms with E-state index >= 15 is 0 Å². The van der Waals surface area contributed by atoms with E-state index in [1.165, 1.54) is 25.0 Å². The molecule has 38 heavy (non-hydrogen) atoms. The van der Waals surface area contributed by atoms with Crippen LogP contribution >= 0.6 is 0 Å². The minimum Gasteiger partial charge on any atom is -0.481 e. The summed E-state index contributed by atoms with van der Waals surface area (Å²) in [6, 6.07) is -5.67. The summed E-state index contributed by atoms with van der Waals surface area (Å²) in [5.74, 6) is -6.34. The van der Waals surface area contributed by atoms with Crippen LogP contribution in [0, 0.1) is 0 Å². The number of amides is 4. The Morgan fingerprint density at radius 3 is 1.79 bits per heavy atom. The van der Waals surface area contributed by atoms with Gasteiger partial charge in [0.05, 0.1) is 25.1 Å². The molecule has 0 aromatic carbocycles. The Hall–Kier alpha value is -4.80. The molecule has 2 aromatic heterocycles. The molecule has 0 fully saturated rings. The molecule has 206 valence electrons. The Kier molecular flexibility index (Phi) is 10.9. The highest BCUT2D eigenvalue weighted by Gasteiger charge is 2.32. The molecule has 2 aromatic rings. The second-order valence-electron chi connectivity index (χ2n) is 8.29. The van der Waals surface area contributed by atoms with E-state index in [1.54, 1.807) is 0 Å². The molecule has 17 nitrogen and oxygen atoms in total. The lowest BCUT2D eigenvalue weighted by atomic mass is 10.1. The van der Waals surface area contributed by atoms with Gasteiger partial charge in [0.25, 0.3) is 0 Å². The molecule has 0 aliphatic rings. The van der Waals surface area contributed by atoms with Gasteiger partial charge in [-0.15, -0.1) is 0 Å². The van der Waals surface area contributed by atoms with E-state index in [4.69, 9.17) is 11.5 Å². The first kappa shape index (κ1) is 29.4. The number of H-pyrrole nitrogens is 2. The number of nitrogens with zero attached hydrogens (tertiary/aromatic N) is 2. The lowest BCUT2D eigenvalue weighted by Crippen LogP contribution is -2.58. The number of primary amides is 1. The van der Waals surface area contributed by atoms with Crippen LogP contribution in [0.5, 0.6) is 0 Å². The molecule has 2 rings (SSSR count). The summed E-state index contributed by atoms with van der Waals surface area (Å²) in [6.45, 7) is 0. The maximum atomic E-state index is 13.1. The molecule has 0 aliphatic heterocycles. The number of carboxylic acids is 2. The Morgan fingerprint density at radius 1 is 0.816 bits per heavy atom. The summed E-state index contributed by atoms with van der Waals surface area (Å²) in [4.78, 5) is 85.5. The normalized spacial score (nSPS) is 13.9. The number of aromatic nitrogens is 4. The SMILES string of the molecule is NC(=O)CCC(N)C(=O)NC(Cc1cnc[nH]1)C(=O)NC(CC(=O)O)C(=O)NC(Cc1cnc[nH]1)C(=O)O. The number of carbonyl (C=O) groups excluding carboxylic acids is 4. The van der Waals surface area contributed by atoms with Crippen molar-refractivity contribution < 1.29 is 39.0 Å².